The number of hydrogen-bond donors (Lipinski definition) is 0. The first kappa shape index (κ1) is 14.8. The molecule has 0 atom stereocenters. The van der Waals surface area contributed by atoms with E-state index in [9.17, 15) is 0 Å². The molecule has 4 rings (SSSR count). The molecular weight excluding hydrogens is 372 g/mol. The van der Waals surface area contributed by atoms with Crippen LogP contribution in [0.3, 0.4) is 0 Å². The van der Waals surface area contributed by atoms with Gasteiger partial charge in [0.05, 0.1) is 25.5 Å². The summed E-state index contributed by atoms with van der Waals surface area (Å²) in [4.78, 5) is 17.6. The molecule has 7 nitrogen and oxygen atoms in total. The Morgan fingerprint density at radius 3 is 2.92 bits per heavy atom. The van der Waals surface area contributed by atoms with Gasteiger partial charge < -0.3 is 9.30 Å². The number of rotatable bonds is 4. The third-order valence-corrected chi connectivity index (χ3v) is 4.47. The second kappa shape index (κ2) is 6.04. The van der Waals surface area contributed by atoms with E-state index in [1.165, 1.54) is 0 Å². The van der Waals surface area contributed by atoms with Crippen LogP contribution in [-0.2, 0) is 6.54 Å². The molecule has 0 spiro atoms. The minimum Gasteiger partial charge on any atom is -0.481 e. The van der Waals surface area contributed by atoms with Crippen molar-refractivity contribution in [3.8, 4) is 17.4 Å². The summed E-state index contributed by atoms with van der Waals surface area (Å²) in [6.45, 7) is 0.566. The molecule has 0 bridgehead atoms. The Morgan fingerprint density at radius 2 is 2.08 bits per heavy atom. The molecule has 0 unspecified atom stereocenters. The SMILES string of the molecule is COc1cccc(-c2nccn2Cc2nc3cnccn3c2Br)n1. The Balaban J connectivity index is 1.73. The van der Waals surface area contributed by atoms with Crippen LogP contribution in [0, 0.1) is 0 Å². The first-order valence-electron chi connectivity index (χ1n) is 7.25. The van der Waals surface area contributed by atoms with Crippen LogP contribution in [0.4, 0.5) is 0 Å². The molecule has 0 saturated carbocycles. The van der Waals surface area contributed by atoms with E-state index >= 15 is 0 Å². The lowest BCUT2D eigenvalue weighted by Crippen LogP contribution is -2.03. The fraction of sp³-hybridized carbons (Fsp3) is 0.125. The van der Waals surface area contributed by atoms with Gasteiger partial charge in [-0.3, -0.25) is 9.38 Å². The molecular formula is C16H13BrN6O. The van der Waals surface area contributed by atoms with Crippen molar-refractivity contribution in [1.29, 1.82) is 0 Å². The zero-order chi connectivity index (χ0) is 16.5. The van der Waals surface area contributed by atoms with E-state index in [0.29, 0.717) is 12.4 Å². The minimum absolute atomic E-state index is 0.557. The van der Waals surface area contributed by atoms with E-state index in [1.54, 1.807) is 25.7 Å². The summed E-state index contributed by atoms with van der Waals surface area (Å²) >= 11 is 3.60. The Hall–Kier alpha value is -2.74. The molecule has 0 aromatic carbocycles. The van der Waals surface area contributed by atoms with Gasteiger partial charge in [-0.2, -0.15) is 0 Å². The highest BCUT2D eigenvalue weighted by Gasteiger charge is 2.14. The molecule has 0 aliphatic rings. The summed E-state index contributed by atoms with van der Waals surface area (Å²) in [6.07, 6.45) is 8.99. The quantitative estimate of drug-likeness (QED) is 0.540. The van der Waals surface area contributed by atoms with Crippen molar-refractivity contribution in [2.75, 3.05) is 7.11 Å². The smallest absolute Gasteiger partial charge is 0.213 e. The lowest BCUT2D eigenvalue weighted by atomic mass is 10.3. The highest BCUT2D eigenvalue weighted by molar-refractivity contribution is 9.10. The lowest BCUT2D eigenvalue weighted by Gasteiger charge is -2.07. The molecule has 0 aliphatic heterocycles. The number of aromatic nitrogens is 6. The van der Waals surface area contributed by atoms with E-state index in [4.69, 9.17) is 4.74 Å². The van der Waals surface area contributed by atoms with Crippen molar-refractivity contribution in [1.82, 2.24) is 28.9 Å². The van der Waals surface area contributed by atoms with Crippen molar-refractivity contribution in [2.24, 2.45) is 0 Å². The Labute approximate surface area is 146 Å². The van der Waals surface area contributed by atoms with E-state index in [-0.39, 0.29) is 0 Å². The summed E-state index contributed by atoms with van der Waals surface area (Å²) in [5.74, 6) is 1.32. The van der Waals surface area contributed by atoms with E-state index in [1.807, 2.05) is 39.6 Å². The van der Waals surface area contributed by atoms with Crippen LogP contribution in [0.1, 0.15) is 5.69 Å². The third-order valence-electron chi connectivity index (χ3n) is 3.64. The maximum absolute atomic E-state index is 5.19. The van der Waals surface area contributed by atoms with Crippen molar-refractivity contribution in [2.45, 2.75) is 6.54 Å². The molecule has 4 heterocycles. The Morgan fingerprint density at radius 1 is 1.17 bits per heavy atom. The van der Waals surface area contributed by atoms with Gasteiger partial charge in [0.1, 0.15) is 10.3 Å². The van der Waals surface area contributed by atoms with Gasteiger partial charge >= 0.3 is 0 Å². The minimum atomic E-state index is 0.557. The largest absolute Gasteiger partial charge is 0.481 e. The van der Waals surface area contributed by atoms with Crippen LogP contribution in [0.15, 0.2) is 53.8 Å². The second-order valence-electron chi connectivity index (χ2n) is 5.10. The average molecular weight is 385 g/mol. The van der Waals surface area contributed by atoms with Gasteiger partial charge in [0.25, 0.3) is 0 Å². The van der Waals surface area contributed by atoms with Crippen LogP contribution < -0.4 is 4.74 Å². The molecule has 0 saturated heterocycles. The standard InChI is InChI=1S/C16H13BrN6O/c1-24-14-4-2-3-11(21-14)16-19-6-7-22(16)10-12-15(17)23-8-5-18-9-13(23)20-12/h2-9H,10H2,1H3. The predicted molar refractivity (Wildman–Crippen MR) is 91.8 cm³/mol. The first-order chi connectivity index (χ1) is 11.8. The molecule has 0 radical (unpaired) electrons. The highest BCUT2D eigenvalue weighted by atomic mass is 79.9. The molecule has 0 amide bonds. The number of hydrogen-bond acceptors (Lipinski definition) is 5. The van der Waals surface area contributed by atoms with Crippen molar-refractivity contribution in [3.05, 3.63) is 59.5 Å². The maximum atomic E-state index is 5.19. The first-order valence-corrected chi connectivity index (χ1v) is 8.04. The molecule has 4 aromatic rings. The molecule has 0 N–H and O–H groups in total. The van der Waals surface area contributed by atoms with E-state index < -0.39 is 0 Å². The number of fused-ring (bicyclic) bond motifs is 1. The van der Waals surface area contributed by atoms with Gasteiger partial charge in [-0.25, -0.2) is 15.0 Å². The molecule has 8 heteroatoms. The number of imidazole rings is 2. The summed E-state index contributed by atoms with van der Waals surface area (Å²) in [5, 5.41) is 0. The predicted octanol–water partition coefficient (Wildman–Crippen LogP) is 2.81. The number of halogens is 1. The molecule has 4 aromatic heterocycles. The summed E-state index contributed by atoms with van der Waals surface area (Å²) < 4.78 is 10.0. The topological polar surface area (TPSA) is 70.1 Å². The number of ether oxygens (including phenoxy) is 1. The van der Waals surface area contributed by atoms with Gasteiger partial charge in [0, 0.05) is 30.9 Å². The molecule has 120 valence electrons. The maximum Gasteiger partial charge on any atom is 0.213 e. The van der Waals surface area contributed by atoms with Crippen LogP contribution in [0.2, 0.25) is 0 Å². The van der Waals surface area contributed by atoms with E-state index in [2.05, 4.69) is 35.9 Å². The fourth-order valence-corrected chi connectivity index (χ4v) is 3.02. The van der Waals surface area contributed by atoms with Crippen molar-refractivity contribution >= 4 is 21.6 Å². The Kier molecular flexibility index (Phi) is 3.73. The fourth-order valence-electron chi connectivity index (χ4n) is 2.51. The number of methoxy groups -OCH3 is 1. The van der Waals surface area contributed by atoms with Gasteiger partial charge in [0.2, 0.25) is 5.88 Å². The third kappa shape index (κ3) is 2.54. The zero-order valence-electron chi connectivity index (χ0n) is 12.8. The summed E-state index contributed by atoms with van der Waals surface area (Å²) in [5.41, 5.74) is 2.44. The summed E-state index contributed by atoms with van der Waals surface area (Å²) in [6, 6.07) is 5.61. The van der Waals surface area contributed by atoms with Gasteiger partial charge in [-0.1, -0.05) is 6.07 Å². The average Bonchev–Trinajstić information content (AvgIpc) is 3.21. The van der Waals surface area contributed by atoms with Crippen LogP contribution in [0.25, 0.3) is 17.2 Å². The van der Waals surface area contributed by atoms with E-state index in [0.717, 1.165) is 27.5 Å². The molecule has 0 aliphatic carbocycles. The Bertz CT molecular complexity index is 1010. The van der Waals surface area contributed by atoms with Crippen molar-refractivity contribution in [3.63, 3.8) is 0 Å². The van der Waals surface area contributed by atoms with Crippen molar-refractivity contribution < 1.29 is 4.74 Å². The monoisotopic (exact) mass is 384 g/mol. The van der Waals surface area contributed by atoms with Gasteiger partial charge in [-0.05, 0) is 22.0 Å². The zero-order valence-corrected chi connectivity index (χ0v) is 14.4. The highest BCUT2D eigenvalue weighted by Crippen LogP contribution is 2.23. The van der Waals surface area contributed by atoms with Gasteiger partial charge in [-0.15, -0.1) is 0 Å². The van der Waals surface area contributed by atoms with Gasteiger partial charge in [0.15, 0.2) is 11.5 Å². The molecule has 0 fully saturated rings. The van der Waals surface area contributed by atoms with Crippen LogP contribution >= 0.6 is 15.9 Å². The van der Waals surface area contributed by atoms with Crippen LogP contribution in [-0.4, -0.2) is 36.0 Å². The second-order valence-corrected chi connectivity index (χ2v) is 5.85. The van der Waals surface area contributed by atoms with Crippen LogP contribution in [0.5, 0.6) is 5.88 Å². The normalized spacial score (nSPS) is 11.1. The summed E-state index contributed by atoms with van der Waals surface area (Å²) in [7, 11) is 1.60. The number of pyridine rings is 1. The molecule has 24 heavy (non-hydrogen) atoms. The number of nitrogens with zero attached hydrogens (tertiary/aromatic N) is 6. The lowest BCUT2D eigenvalue weighted by molar-refractivity contribution is 0.398.